The van der Waals surface area contributed by atoms with E-state index < -0.39 is 0 Å². The maximum absolute atomic E-state index is 3.71. The Balaban J connectivity index is 1.61. The topological polar surface area (TPSA) is 12.0 Å². The minimum Gasteiger partial charge on any atom is -0.316 e. The van der Waals surface area contributed by atoms with Gasteiger partial charge >= 0.3 is 0 Å². The molecule has 0 amide bonds. The molecule has 0 radical (unpaired) electrons. The van der Waals surface area contributed by atoms with E-state index in [1.54, 1.807) is 5.56 Å². The molecule has 20 heavy (non-hydrogen) atoms. The molecule has 0 aromatic heterocycles. The van der Waals surface area contributed by atoms with Gasteiger partial charge in [0.25, 0.3) is 0 Å². The van der Waals surface area contributed by atoms with Crippen LogP contribution in [0.5, 0.6) is 0 Å². The Hall–Kier alpha value is -0.820. The molecular weight excluding hydrogens is 242 g/mol. The van der Waals surface area contributed by atoms with Gasteiger partial charge in [-0.2, -0.15) is 0 Å². The van der Waals surface area contributed by atoms with E-state index >= 15 is 0 Å². The fourth-order valence-electron chi connectivity index (χ4n) is 4.27. The zero-order valence-electron chi connectivity index (χ0n) is 12.9. The molecule has 0 bridgehead atoms. The van der Waals surface area contributed by atoms with Crippen molar-refractivity contribution < 1.29 is 0 Å². The maximum atomic E-state index is 3.71. The third-order valence-corrected chi connectivity index (χ3v) is 5.43. The second-order valence-electron chi connectivity index (χ2n) is 6.83. The van der Waals surface area contributed by atoms with Crippen molar-refractivity contribution in [2.24, 2.45) is 17.8 Å². The molecule has 3 atom stereocenters. The van der Waals surface area contributed by atoms with Gasteiger partial charge in [-0.15, -0.1) is 0 Å². The molecule has 3 unspecified atom stereocenters. The molecule has 2 fully saturated rings. The van der Waals surface area contributed by atoms with Crippen LogP contribution in [0.25, 0.3) is 0 Å². The summed E-state index contributed by atoms with van der Waals surface area (Å²) in [6, 6.07) is 11.2. The number of nitrogens with one attached hydrogen (secondary N) is 1. The third kappa shape index (κ3) is 3.25. The summed E-state index contributed by atoms with van der Waals surface area (Å²) in [5, 5.41) is 3.71. The van der Waals surface area contributed by atoms with Gasteiger partial charge in [0.05, 0.1) is 0 Å². The lowest BCUT2D eigenvalue weighted by Crippen LogP contribution is -2.29. The van der Waals surface area contributed by atoms with Gasteiger partial charge in [0, 0.05) is 0 Å². The fraction of sp³-hybridized carbons (Fsp3) is 0.684. The highest BCUT2D eigenvalue weighted by atomic mass is 14.9. The standard InChI is InChI=1S/C19H29N/c1-2-12-20-14-19(16-10-6-7-11-16)18-13-17(18)15-8-4-3-5-9-15/h3-5,8-9,16-20H,2,6-7,10-14H2,1H3. The van der Waals surface area contributed by atoms with Crippen LogP contribution in [0.1, 0.15) is 56.9 Å². The van der Waals surface area contributed by atoms with E-state index in [2.05, 4.69) is 42.6 Å². The number of benzene rings is 1. The maximum Gasteiger partial charge on any atom is -0.00150 e. The lowest BCUT2D eigenvalue weighted by molar-refractivity contribution is 0.284. The van der Waals surface area contributed by atoms with E-state index in [9.17, 15) is 0 Å². The Morgan fingerprint density at radius 3 is 2.60 bits per heavy atom. The first-order valence-electron chi connectivity index (χ1n) is 8.65. The average molecular weight is 271 g/mol. The molecule has 0 aliphatic heterocycles. The van der Waals surface area contributed by atoms with Crippen LogP contribution >= 0.6 is 0 Å². The van der Waals surface area contributed by atoms with Gasteiger partial charge in [-0.3, -0.25) is 0 Å². The van der Waals surface area contributed by atoms with Gasteiger partial charge in [-0.25, -0.2) is 0 Å². The van der Waals surface area contributed by atoms with E-state index in [0.717, 1.165) is 23.7 Å². The Morgan fingerprint density at radius 1 is 1.15 bits per heavy atom. The Morgan fingerprint density at radius 2 is 1.90 bits per heavy atom. The predicted octanol–water partition coefficient (Wildman–Crippen LogP) is 4.60. The zero-order chi connectivity index (χ0) is 13.8. The first kappa shape index (κ1) is 14.1. The Bertz CT molecular complexity index is 393. The molecule has 1 N–H and O–H groups in total. The predicted molar refractivity (Wildman–Crippen MR) is 85.9 cm³/mol. The highest BCUT2D eigenvalue weighted by Gasteiger charge is 2.46. The molecule has 0 saturated heterocycles. The van der Waals surface area contributed by atoms with Crippen molar-refractivity contribution in [3.8, 4) is 0 Å². The number of rotatable bonds is 7. The average Bonchev–Trinajstić information content (AvgIpc) is 3.09. The third-order valence-electron chi connectivity index (χ3n) is 5.43. The van der Waals surface area contributed by atoms with Crippen LogP contribution in [0.3, 0.4) is 0 Å². The highest BCUT2D eigenvalue weighted by molar-refractivity contribution is 5.26. The van der Waals surface area contributed by atoms with E-state index in [-0.39, 0.29) is 0 Å². The number of hydrogen-bond acceptors (Lipinski definition) is 1. The summed E-state index contributed by atoms with van der Waals surface area (Å²) in [5.74, 6) is 3.72. The summed E-state index contributed by atoms with van der Waals surface area (Å²) in [4.78, 5) is 0. The minimum atomic E-state index is 0.852. The van der Waals surface area contributed by atoms with Gasteiger partial charge in [0.2, 0.25) is 0 Å². The van der Waals surface area contributed by atoms with Crippen molar-refractivity contribution in [3.63, 3.8) is 0 Å². The van der Waals surface area contributed by atoms with Crippen LogP contribution in [0, 0.1) is 17.8 Å². The lowest BCUT2D eigenvalue weighted by atomic mass is 9.85. The summed E-state index contributed by atoms with van der Waals surface area (Å²) in [7, 11) is 0. The van der Waals surface area contributed by atoms with Gasteiger partial charge in [-0.05, 0) is 55.2 Å². The van der Waals surface area contributed by atoms with E-state index in [1.807, 2.05) is 0 Å². The minimum absolute atomic E-state index is 0.852. The van der Waals surface area contributed by atoms with Crippen molar-refractivity contribution in [2.75, 3.05) is 13.1 Å². The highest BCUT2D eigenvalue weighted by Crippen LogP contribution is 2.55. The van der Waals surface area contributed by atoms with Crippen molar-refractivity contribution in [3.05, 3.63) is 35.9 Å². The Kier molecular flexibility index (Phi) is 4.77. The molecule has 1 heteroatoms. The molecule has 1 aromatic rings. The van der Waals surface area contributed by atoms with Crippen LogP contribution in [0.2, 0.25) is 0 Å². The van der Waals surface area contributed by atoms with Crippen LogP contribution in [0.4, 0.5) is 0 Å². The molecule has 1 nitrogen and oxygen atoms in total. The summed E-state index contributed by atoms with van der Waals surface area (Å²) in [6.45, 7) is 4.71. The molecule has 0 heterocycles. The molecule has 2 saturated carbocycles. The molecule has 3 rings (SSSR count). The molecule has 2 aliphatic carbocycles. The first-order valence-corrected chi connectivity index (χ1v) is 8.65. The van der Waals surface area contributed by atoms with Crippen molar-refractivity contribution >= 4 is 0 Å². The zero-order valence-corrected chi connectivity index (χ0v) is 12.9. The summed E-state index contributed by atoms with van der Waals surface area (Å²) in [5.41, 5.74) is 1.58. The normalized spacial score (nSPS) is 27.6. The van der Waals surface area contributed by atoms with E-state index in [0.29, 0.717) is 0 Å². The molecular formula is C19H29N. The van der Waals surface area contributed by atoms with Crippen molar-refractivity contribution in [1.29, 1.82) is 0 Å². The summed E-state index contributed by atoms with van der Waals surface area (Å²) >= 11 is 0. The molecule has 1 aromatic carbocycles. The van der Waals surface area contributed by atoms with Crippen LogP contribution in [-0.4, -0.2) is 13.1 Å². The molecule has 2 aliphatic rings. The molecule has 110 valence electrons. The fourth-order valence-corrected chi connectivity index (χ4v) is 4.27. The molecule has 0 spiro atoms. The van der Waals surface area contributed by atoms with Crippen molar-refractivity contribution in [2.45, 2.75) is 51.4 Å². The second-order valence-corrected chi connectivity index (χ2v) is 6.83. The van der Waals surface area contributed by atoms with Gasteiger partial charge in [0.1, 0.15) is 0 Å². The van der Waals surface area contributed by atoms with E-state index in [4.69, 9.17) is 0 Å². The van der Waals surface area contributed by atoms with Crippen LogP contribution in [0.15, 0.2) is 30.3 Å². The quantitative estimate of drug-likeness (QED) is 0.715. The first-order chi connectivity index (χ1) is 9.90. The van der Waals surface area contributed by atoms with E-state index in [1.165, 1.54) is 51.6 Å². The monoisotopic (exact) mass is 271 g/mol. The lowest BCUT2D eigenvalue weighted by Gasteiger charge is -2.24. The second kappa shape index (κ2) is 6.76. The SMILES string of the molecule is CCCNCC(C1CCCC1)C1CC1c1ccccc1. The Labute approximate surface area is 124 Å². The van der Waals surface area contributed by atoms with Gasteiger partial charge in [-0.1, -0.05) is 62.9 Å². The van der Waals surface area contributed by atoms with Crippen LogP contribution < -0.4 is 5.32 Å². The number of hydrogen-bond donors (Lipinski definition) is 1. The smallest absolute Gasteiger partial charge is 0.00150 e. The summed E-state index contributed by atoms with van der Waals surface area (Å²) in [6.07, 6.45) is 8.59. The van der Waals surface area contributed by atoms with Gasteiger partial charge in [0.15, 0.2) is 0 Å². The van der Waals surface area contributed by atoms with Gasteiger partial charge < -0.3 is 5.32 Å². The largest absolute Gasteiger partial charge is 0.316 e. The van der Waals surface area contributed by atoms with Crippen molar-refractivity contribution in [1.82, 2.24) is 5.32 Å². The summed E-state index contributed by atoms with van der Waals surface area (Å²) < 4.78 is 0. The van der Waals surface area contributed by atoms with Crippen LogP contribution in [-0.2, 0) is 0 Å².